The van der Waals surface area contributed by atoms with Gasteiger partial charge < -0.3 is 10.1 Å². The molecule has 0 aliphatic heterocycles. The number of hydrogen-bond acceptors (Lipinski definition) is 3. The second kappa shape index (κ2) is 5.11. The van der Waals surface area contributed by atoms with Crippen LogP contribution in [0.1, 0.15) is 23.1 Å². The first-order chi connectivity index (χ1) is 7.80. The molecule has 0 bridgehead atoms. The molecule has 1 aromatic rings. The Hall–Kier alpha value is -0.670. The molecule has 1 unspecified atom stereocenters. The number of rotatable bonds is 3. The highest BCUT2D eigenvalue weighted by Gasteiger charge is 2.22. The number of fused-ring (bicyclic) bond motifs is 1. The van der Waals surface area contributed by atoms with Crippen molar-refractivity contribution in [2.75, 3.05) is 14.2 Å². The molecule has 0 heterocycles. The minimum Gasteiger partial charge on any atom is -0.496 e. The van der Waals surface area contributed by atoms with Crippen molar-refractivity contribution in [1.82, 2.24) is 5.32 Å². The van der Waals surface area contributed by atoms with Gasteiger partial charge in [0.2, 0.25) is 0 Å². The lowest BCUT2D eigenvalue weighted by Gasteiger charge is -2.27. The summed E-state index contributed by atoms with van der Waals surface area (Å²) < 4.78 is 5.45. The molecule has 1 aliphatic carbocycles. The van der Waals surface area contributed by atoms with Gasteiger partial charge in [-0.2, -0.15) is 12.6 Å². The maximum Gasteiger partial charge on any atom is 0.122 e. The molecule has 0 aromatic heterocycles. The molecule has 1 atom stereocenters. The Balaban J connectivity index is 2.42. The topological polar surface area (TPSA) is 21.3 Å². The second-order valence-electron chi connectivity index (χ2n) is 4.27. The molecule has 1 aromatic carbocycles. The molecule has 16 heavy (non-hydrogen) atoms. The summed E-state index contributed by atoms with van der Waals surface area (Å²) in [5.41, 5.74) is 4.19. The fourth-order valence-corrected chi connectivity index (χ4v) is 2.80. The van der Waals surface area contributed by atoms with E-state index in [-0.39, 0.29) is 0 Å². The van der Waals surface area contributed by atoms with Crippen molar-refractivity contribution < 1.29 is 4.74 Å². The number of methoxy groups -OCH3 is 1. The van der Waals surface area contributed by atoms with Crippen LogP contribution >= 0.6 is 12.6 Å². The standard InChI is InChI=1S/C13H19NOS/c1-14-10-4-5-11-9(8-16)3-6-13(15-2)12(11)7-10/h3,6,10,14,16H,4-5,7-8H2,1-2H3. The van der Waals surface area contributed by atoms with Crippen LogP contribution in [0.4, 0.5) is 0 Å². The first kappa shape index (κ1) is 11.8. The van der Waals surface area contributed by atoms with E-state index >= 15 is 0 Å². The monoisotopic (exact) mass is 237 g/mol. The molecule has 1 N–H and O–H groups in total. The fourth-order valence-electron chi connectivity index (χ4n) is 2.51. The van der Waals surface area contributed by atoms with Crippen LogP contribution in [-0.4, -0.2) is 20.2 Å². The van der Waals surface area contributed by atoms with E-state index in [1.54, 1.807) is 7.11 Å². The van der Waals surface area contributed by atoms with Gasteiger partial charge in [-0.15, -0.1) is 0 Å². The van der Waals surface area contributed by atoms with Crippen LogP contribution in [0, 0.1) is 0 Å². The van der Waals surface area contributed by atoms with Gasteiger partial charge in [0.1, 0.15) is 5.75 Å². The lowest BCUT2D eigenvalue weighted by molar-refractivity contribution is 0.398. The Morgan fingerprint density at radius 3 is 2.88 bits per heavy atom. The summed E-state index contributed by atoms with van der Waals surface area (Å²) in [5.74, 6) is 1.84. The third kappa shape index (κ3) is 2.06. The van der Waals surface area contributed by atoms with Gasteiger partial charge in [0.05, 0.1) is 7.11 Å². The minimum absolute atomic E-state index is 0.580. The number of benzene rings is 1. The summed E-state index contributed by atoms with van der Waals surface area (Å²) in [6.45, 7) is 0. The molecule has 0 radical (unpaired) electrons. The molecule has 1 aliphatic rings. The first-order valence-electron chi connectivity index (χ1n) is 5.76. The summed E-state index contributed by atoms with van der Waals surface area (Å²) in [6.07, 6.45) is 3.40. The minimum atomic E-state index is 0.580. The van der Waals surface area contributed by atoms with E-state index in [1.165, 1.54) is 23.1 Å². The highest BCUT2D eigenvalue weighted by Crippen LogP contribution is 2.32. The van der Waals surface area contributed by atoms with Gasteiger partial charge in [0.15, 0.2) is 0 Å². The fraction of sp³-hybridized carbons (Fsp3) is 0.538. The number of ether oxygens (including phenoxy) is 1. The van der Waals surface area contributed by atoms with Crippen LogP contribution in [0.2, 0.25) is 0 Å². The molecule has 3 heteroatoms. The van der Waals surface area contributed by atoms with Crippen LogP contribution < -0.4 is 10.1 Å². The molecule has 0 amide bonds. The summed E-state index contributed by atoms with van der Waals surface area (Å²) in [7, 11) is 3.78. The predicted octanol–water partition coefficient (Wildman–Crippen LogP) is 2.20. The second-order valence-corrected chi connectivity index (χ2v) is 4.59. The van der Waals surface area contributed by atoms with Gasteiger partial charge >= 0.3 is 0 Å². The van der Waals surface area contributed by atoms with E-state index < -0.39 is 0 Å². The van der Waals surface area contributed by atoms with E-state index in [9.17, 15) is 0 Å². The Bertz CT molecular complexity index is 378. The average molecular weight is 237 g/mol. The van der Waals surface area contributed by atoms with E-state index in [0.717, 1.165) is 24.3 Å². The van der Waals surface area contributed by atoms with Gasteiger partial charge in [0.25, 0.3) is 0 Å². The zero-order valence-electron chi connectivity index (χ0n) is 9.92. The van der Waals surface area contributed by atoms with Crippen molar-refractivity contribution in [2.24, 2.45) is 0 Å². The van der Waals surface area contributed by atoms with Crippen molar-refractivity contribution >= 4 is 12.6 Å². The maximum absolute atomic E-state index is 5.45. The molecule has 88 valence electrons. The number of hydrogen-bond donors (Lipinski definition) is 2. The van der Waals surface area contributed by atoms with E-state index in [4.69, 9.17) is 4.74 Å². The zero-order chi connectivity index (χ0) is 11.5. The average Bonchev–Trinajstić information content (AvgIpc) is 2.36. The van der Waals surface area contributed by atoms with Gasteiger partial charge in [0, 0.05) is 11.8 Å². The number of nitrogens with one attached hydrogen (secondary N) is 1. The Labute approximate surface area is 103 Å². The van der Waals surface area contributed by atoms with E-state index in [1.807, 2.05) is 7.05 Å². The molecule has 2 nitrogen and oxygen atoms in total. The van der Waals surface area contributed by atoms with Crippen LogP contribution in [0.15, 0.2) is 12.1 Å². The van der Waals surface area contributed by atoms with Crippen molar-refractivity contribution in [3.05, 3.63) is 28.8 Å². The summed E-state index contributed by atoms with van der Waals surface area (Å²) in [5, 5.41) is 3.36. The SMILES string of the molecule is CNC1CCc2c(CS)ccc(OC)c2C1. The smallest absolute Gasteiger partial charge is 0.122 e. The van der Waals surface area contributed by atoms with Crippen LogP contribution in [0.5, 0.6) is 5.75 Å². The molecule has 0 saturated heterocycles. The molecule has 2 rings (SSSR count). The van der Waals surface area contributed by atoms with Crippen molar-refractivity contribution in [1.29, 1.82) is 0 Å². The van der Waals surface area contributed by atoms with Gasteiger partial charge in [-0.05, 0) is 49.1 Å². The van der Waals surface area contributed by atoms with Gasteiger partial charge in [-0.1, -0.05) is 6.07 Å². The molecular weight excluding hydrogens is 218 g/mol. The van der Waals surface area contributed by atoms with Crippen molar-refractivity contribution in [3.63, 3.8) is 0 Å². The highest BCUT2D eigenvalue weighted by atomic mass is 32.1. The van der Waals surface area contributed by atoms with Crippen LogP contribution in [0.25, 0.3) is 0 Å². The molecule has 0 saturated carbocycles. The third-order valence-corrected chi connectivity index (χ3v) is 3.82. The Kier molecular flexibility index (Phi) is 3.77. The first-order valence-corrected chi connectivity index (χ1v) is 6.39. The largest absolute Gasteiger partial charge is 0.496 e. The quantitative estimate of drug-likeness (QED) is 0.787. The number of thiol groups is 1. The molecule has 0 fully saturated rings. The van der Waals surface area contributed by atoms with Crippen LogP contribution in [0.3, 0.4) is 0 Å². The predicted molar refractivity (Wildman–Crippen MR) is 70.6 cm³/mol. The van der Waals surface area contributed by atoms with Gasteiger partial charge in [-0.3, -0.25) is 0 Å². The number of likely N-dealkylation sites (N-methyl/N-ethyl adjacent to an activating group) is 1. The summed E-state index contributed by atoms with van der Waals surface area (Å²) in [6, 6.07) is 4.80. The normalized spacial score (nSPS) is 19.3. The lowest BCUT2D eigenvalue weighted by Crippen LogP contribution is -2.32. The Morgan fingerprint density at radius 1 is 1.44 bits per heavy atom. The van der Waals surface area contributed by atoms with E-state index in [0.29, 0.717) is 6.04 Å². The van der Waals surface area contributed by atoms with Crippen LogP contribution in [-0.2, 0) is 18.6 Å². The highest BCUT2D eigenvalue weighted by molar-refractivity contribution is 7.79. The third-order valence-electron chi connectivity index (χ3n) is 3.48. The lowest BCUT2D eigenvalue weighted by atomic mass is 9.85. The van der Waals surface area contributed by atoms with Crippen molar-refractivity contribution in [2.45, 2.75) is 31.1 Å². The van der Waals surface area contributed by atoms with Crippen molar-refractivity contribution in [3.8, 4) is 5.75 Å². The molecular formula is C13H19NOS. The van der Waals surface area contributed by atoms with Gasteiger partial charge in [-0.25, -0.2) is 0 Å². The summed E-state index contributed by atoms with van der Waals surface area (Å²) in [4.78, 5) is 0. The molecule has 0 spiro atoms. The summed E-state index contributed by atoms with van der Waals surface area (Å²) >= 11 is 4.40. The van der Waals surface area contributed by atoms with E-state index in [2.05, 4.69) is 30.1 Å². The maximum atomic E-state index is 5.45. The zero-order valence-corrected chi connectivity index (χ0v) is 10.8. The Morgan fingerprint density at radius 2 is 2.25 bits per heavy atom.